The van der Waals surface area contributed by atoms with E-state index in [0.717, 1.165) is 23.2 Å². The Labute approximate surface area is 122 Å². The predicted octanol–water partition coefficient (Wildman–Crippen LogP) is 3.47. The summed E-state index contributed by atoms with van der Waals surface area (Å²) < 4.78 is 5.72. The van der Waals surface area contributed by atoms with Crippen LogP contribution < -0.4 is 4.74 Å². The molecule has 0 spiro atoms. The van der Waals surface area contributed by atoms with Crippen molar-refractivity contribution in [2.45, 2.75) is 6.61 Å². The lowest BCUT2D eigenvalue weighted by Crippen LogP contribution is -1.94. The maximum absolute atomic E-state index is 10.6. The first-order valence-electron chi connectivity index (χ1n) is 6.62. The number of hydrogen-bond acceptors (Lipinski definition) is 3. The van der Waals surface area contributed by atoms with Gasteiger partial charge in [-0.05, 0) is 29.8 Å². The molecule has 4 nitrogen and oxygen atoms in total. The lowest BCUT2D eigenvalue weighted by Gasteiger charge is -2.06. The van der Waals surface area contributed by atoms with Crippen molar-refractivity contribution in [3.8, 4) is 17.1 Å². The molecule has 1 heterocycles. The summed E-state index contributed by atoms with van der Waals surface area (Å²) >= 11 is 0. The van der Waals surface area contributed by atoms with Crippen molar-refractivity contribution in [3.63, 3.8) is 0 Å². The van der Waals surface area contributed by atoms with Crippen molar-refractivity contribution in [2.75, 3.05) is 0 Å². The van der Waals surface area contributed by atoms with Gasteiger partial charge in [-0.2, -0.15) is 0 Å². The largest absolute Gasteiger partial charge is 0.489 e. The van der Waals surface area contributed by atoms with Crippen LogP contribution in [0, 0.1) is 0 Å². The Kier molecular flexibility index (Phi) is 3.78. The number of aromatic nitrogens is 2. The summed E-state index contributed by atoms with van der Waals surface area (Å²) in [6.07, 6.45) is 2.26. The molecule has 3 aromatic rings. The summed E-state index contributed by atoms with van der Waals surface area (Å²) in [6.45, 7) is 0.538. The van der Waals surface area contributed by atoms with Gasteiger partial charge in [-0.15, -0.1) is 0 Å². The Morgan fingerprint density at radius 3 is 2.48 bits per heavy atom. The van der Waals surface area contributed by atoms with Crippen LogP contribution in [-0.2, 0) is 6.61 Å². The molecule has 104 valence electrons. The van der Waals surface area contributed by atoms with Gasteiger partial charge >= 0.3 is 0 Å². The second-order valence-electron chi connectivity index (χ2n) is 4.60. The number of aromatic amines is 1. The molecule has 1 N–H and O–H groups in total. The lowest BCUT2D eigenvalue weighted by molar-refractivity contribution is 0.111. The molecular formula is C17H14N2O2. The number of H-pyrrole nitrogens is 1. The average Bonchev–Trinajstić information content (AvgIpc) is 3.03. The molecule has 3 rings (SSSR count). The van der Waals surface area contributed by atoms with Crippen molar-refractivity contribution in [3.05, 3.63) is 72.1 Å². The quantitative estimate of drug-likeness (QED) is 0.727. The van der Waals surface area contributed by atoms with E-state index in [9.17, 15) is 4.79 Å². The number of nitrogens with one attached hydrogen (secondary N) is 1. The maximum Gasteiger partial charge on any atom is 0.167 e. The molecule has 1 aromatic heterocycles. The van der Waals surface area contributed by atoms with Crippen LogP contribution >= 0.6 is 0 Å². The number of rotatable bonds is 5. The SMILES string of the molecule is O=Cc1cnc(-c2ccc(OCc3ccccc3)cc2)[nH]1. The summed E-state index contributed by atoms with van der Waals surface area (Å²) in [4.78, 5) is 17.7. The number of carbonyl (C=O) groups excluding carboxylic acids is 1. The third-order valence-electron chi connectivity index (χ3n) is 3.10. The Bertz CT molecular complexity index is 718. The third kappa shape index (κ3) is 3.17. The van der Waals surface area contributed by atoms with E-state index in [0.29, 0.717) is 18.1 Å². The Morgan fingerprint density at radius 1 is 1.05 bits per heavy atom. The molecule has 0 amide bonds. The molecule has 0 saturated carbocycles. The molecule has 0 fully saturated rings. The molecule has 2 aromatic carbocycles. The first kappa shape index (κ1) is 13.1. The van der Waals surface area contributed by atoms with E-state index in [1.54, 1.807) is 0 Å². The summed E-state index contributed by atoms with van der Waals surface area (Å²) in [6, 6.07) is 17.6. The molecule has 0 saturated heterocycles. The fourth-order valence-corrected chi connectivity index (χ4v) is 1.99. The van der Waals surface area contributed by atoms with E-state index >= 15 is 0 Å². The lowest BCUT2D eigenvalue weighted by atomic mass is 10.2. The van der Waals surface area contributed by atoms with Crippen LogP contribution in [0.3, 0.4) is 0 Å². The smallest absolute Gasteiger partial charge is 0.167 e. The zero-order chi connectivity index (χ0) is 14.5. The minimum Gasteiger partial charge on any atom is -0.489 e. The van der Waals surface area contributed by atoms with Gasteiger partial charge in [-0.3, -0.25) is 4.79 Å². The fourth-order valence-electron chi connectivity index (χ4n) is 1.99. The van der Waals surface area contributed by atoms with Crippen molar-refractivity contribution in [2.24, 2.45) is 0 Å². The molecular weight excluding hydrogens is 264 g/mol. The number of hydrogen-bond donors (Lipinski definition) is 1. The normalized spacial score (nSPS) is 10.3. The van der Waals surface area contributed by atoms with Gasteiger partial charge in [0.2, 0.25) is 0 Å². The molecule has 0 bridgehead atoms. The Morgan fingerprint density at radius 2 is 1.81 bits per heavy atom. The van der Waals surface area contributed by atoms with Gasteiger partial charge in [-0.1, -0.05) is 30.3 Å². The summed E-state index contributed by atoms with van der Waals surface area (Å²) in [5, 5.41) is 0. The van der Waals surface area contributed by atoms with Gasteiger partial charge in [0.15, 0.2) is 6.29 Å². The molecule has 0 aliphatic carbocycles. The van der Waals surface area contributed by atoms with Crippen molar-refractivity contribution >= 4 is 6.29 Å². The zero-order valence-corrected chi connectivity index (χ0v) is 11.3. The summed E-state index contributed by atoms with van der Waals surface area (Å²) in [7, 11) is 0. The minimum atomic E-state index is 0.467. The average molecular weight is 278 g/mol. The van der Waals surface area contributed by atoms with Crippen LogP contribution in [0.1, 0.15) is 16.1 Å². The van der Waals surface area contributed by atoms with Gasteiger partial charge in [0.1, 0.15) is 18.2 Å². The van der Waals surface area contributed by atoms with Crippen molar-refractivity contribution < 1.29 is 9.53 Å². The first-order chi connectivity index (χ1) is 10.3. The maximum atomic E-state index is 10.6. The molecule has 0 aliphatic heterocycles. The van der Waals surface area contributed by atoms with Gasteiger partial charge in [0.25, 0.3) is 0 Å². The van der Waals surface area contributed by atoms with Crippen LogP contribution in [0.4, 0.5) is 0 Å². The second-order valence-corrected chi connectivity index (χ2v) is 4.60. The van der Waals surface area contributed by atoms with E-state index < -0.39 is 0 Å². The van der Waals surface area contributed by atoms with Crippen LogP contribution in [0.2, 0.25) is 0 Å². The van der Waals surface area contributed by atoms with E-state index in [1.807, 2.05) is 54.6 Å². The topological polar surface area (TPSA) is 55.0 Å². The Hall–Kier alpha value is -2.88. The summed E-state index contributed by atoms with van der Waals surface area (Å²) in [5.41, 5.74) is 2.51. The summed E-state index contributed by atoms with van der Waals surface area (Å²) in [5.74, 6) is 1.47. The van der Waals surface area contributed by atoms with Gasteiger partial charge in [0, 0.05) is 5.56 Å². The van der Waals surface area contributed by atoms with Gasteiger partial charge in [0.05, 0.1) is 11.9 Å². The number of nitrogens with zero attached hydrogens (tertiary/aromatic N) is 1. The molecule has 0 radical (unpaired) electrons. The number of aldehydes is 1. The van der Waals surface area contributed by atoms with Crippen LogP contribution in [0.25, 0.3) is 11.4 Å². The van der Waals surface area contributed by atoms with E-state index in [2.05, 4.69) is 9.97 Å². The number of benzene rings is 2. The van der Waals surface area contributed by atoms with Crippen molar-refractivity contribution in [1.29, 1.82) is 0 Å². The minimum absolute atomic E-state index is 0.467. The van der Waals surface area contributed by atoms with E-state index in [4.69, 9.17) is 4.74 Å². The monoisotopic (exact) mass is 278 g/mol. The van der Waals surface area contributed by atoms with Gasteiger partial charge in [-0.25, -0.2) is 4.98 Å². The van der Waals surface area contributed by atoms with Crippen LogP contribution in [-0.4, -0.2) is 16.3 Å². The highest BCUT2D eigenvalue weighted by Gasteiger charge is 2.03. The van der Waals surface area contributed by atoms with Crippen LogP contribution in [0.5, 0.6) is 5.75 Å². The van der Waals surface area contributed by atoms with E-state index in [1.165, 1.54) is 6.20 Å². The number of carbonyl (C=O) groups is 1. The fraction of sp³-hybridized carbons (Fsp3) is 0.0588. The van der Waals surface area contributed by atoms with Crippen molar-refractivity contribution in [1.82, 2.24) is 9.97 Å². The first-order valence-corrected chi connectivity index (χ1v) is 6.62. The van der Waals surface area contributed by atoms with Gasteiger partial charge < -0.3 is 9.72 Å². The zero-order valence-electron chi connectivity index (χ0n) is 11.3. The molecule has 0 unspecified atom stereocenters. The third-order valence-corrected chi connectivity index (χ3v) is 3.10. The van der Waals surface area contributed by atoms with Crippen LogP contribution in [0.15, 0.2) is 60.8 Å². The highest BCUT2D eigenvalue weighted by atomic mass is 16.5. The standard InChI is InChI=1S/C17H14N2O2/c20-11-15-10-18-17(19-15)14-6-8-16(9-7-14)21-12-13-4-2-1-3-5-13/h1-11H,12H2,(H,18,19). The molecule has 0 aliphatic rings. The predicted molar refractivity (Wildman–Crippen MR) is 80.2 cm³/mol. The molecule has 4 heteroatoms. The molecule has 0 atom stereocenters. The Balaban J connectivity index is 1.68. The highest BCUT2D eigenvalue weighted by Crippen LogP contribution is 2.20. The highest BCUT2D eigenvalue weighted by molar-refractivity contribution is 5.73. The number of ether oxygens (including phenoxy) is 1. The number of imidazole rings is 1. The van der Waals surface area contributed by atoms with E-state index in [-0.39, 0.29) is 0 Å². The molecule has 21 heavy (non-hydrogen) atoms. The second kappa shape index (κ2) is 6.05.